The molecule has 5 nitrogen and oxygen atoms in total. The molecule has 30 heavy (non-hydrogen) atoms. The summed E-state index contributed by atoms with van der Waals surface area (Å²) in [5.41, 5.74) is 4.78. The van der Waals surface area contributed by atoms with Gasteiger partial charge in [0.25, 0.3) is 5.91 Å². The lowest BCUT2D eigenvalue weighted by Gasteiger charge is -2.26. The van der Waals surface area contributed by atoms with Crippen molar-refractivity contribution in [2.45, 2.75) is 31.9 Å². The first kappa shape index (κ1) is 18.4. The molecule has 1 amide bonds. The summed E-state index contributed by atoms with van der Waals surface area (Å²) in [5, 5.41) is 3.21. The minimum absolute atomic E-state index is 0.0361. The average molecular weight is 397 g/mol. The number of hydrogen-bond donors (Lipinski definition) is 1. The van der Waals surface area contributed by atoms with Gasteiger partial charge in [0.15, 0.2) is 0 Å². The number of aryl methyl sites for hydroxylation is 1. The standard InChI is InChI=1S/C25H23N3O2/c29-25(27-22-12-7-9-18-8-1-2-10-20(18)22)21-11-3-4-13-23(21)30-17-19-16-28-15-6-5-14-24(28)26-19/h1-6,8,10-11,13-16,22H,7,9,12,17H2,(H,27,29)/t22-/m0/s1. The van der Waals surface area contributed by atoms with Gasteiger partial charge in [-0.3, -0.25) is 4.79 Å². The zero-order valence-electron chi connectivity index (χ0n) is 16.6. The largest absolute Gasteiger partial charge is 0.486 e. The summed E-state index contributed by atoms with van der Waals surface area (Å²) >= 11 is 0. The number of aromatic nitrogens is 2. The van der Waals surface area contributed by atoms with Gasteiger partial charge >= 0.3 is 0 Å². The Bertz CT molecular complexity index is 1160. The number of imidazole rings is 1. The Labute approximate surface area is 175 Å². The topological polar surface area (TPSA) is 55.6 Å². The zero-order valence-corrected chi connectivity index (χ0v) is 16.6. The molecule has 0 bridgehead atoms. The number of carbonyl (C=O) groups is 1. The lowest BCUT2D eigenvalue weighted by atomic mass is 9.87. The van der Waals surface area contributed by atoms with Gasteiger partial charge in [-0.2, -0.15) is 0 Å². The molecule has 2 aromatic carbocycles. The highest BCUT2D eigenvalue weighted by atomic mass is 16.5. The van der Waals surface area contributed by atoms with Crippen LogP contribution in [0.3, 0.4) is 0 Å². The van der Waals surface area contributed by atoms with E-state index in [1.807, 2.05) is 65.3 Å². The first-order valence-electron chi connectivity index (χ1n) is 10.3. The van der Waals surface area contributed by atoms with Crippen molar-refractivity contribution in [3.8, 4) is 5.75 Å². The second-order valence-corrected chi connectivity index (χ2v) is 7.60. The molecule has 1 atom stereocenters. The predicted molar refractivity (Wildman–Crippen MR) is 116 cm³/mol. The Balaban J connectivity index is 1.32. The zero-order chi connectivity index (χ0) is 20.3. The van der Waals surface area contributed by atoms with Crippen molar-refractivity contribution < 1.29 is 9.53 Å². The number of nitrogens with one attached hydrogen (secondary N) is 1. The van der Waals surface area contributed by atoms with E-state index in [9.17, 15) is 4.79 Å². The third-order valence-corrected chi connectivity index (χ3v) is 5.60. The van der Waals surface area contributed by atoms with Gasteiger partial charge in [-0.25, -0.2) is 4.98 Å². The number of carbonyl (C=O) groups excluding carboxylic acids is 1. The molecule has 5 rings (SSSR count). The first-order chi connectivity index (χ1) is 14.8. The Hall–Kier alpha value is -3.60. The van der Waals surface area contributed by atoms with Crippen LogP contribution in [-0.4, -0.2) is 15.3 Å². The molecule has 0 unspecified atom stereocenters. The van der Waals surface area contributed by atoms with Gasteiger partial charge in [0.1, 0.15) is 18.0 Å². The molecule has 0 saturated heterocycles. The summed E-state index contributed by atoms with van der Waals surface area (Å²) in [4.78, 5) is 17.6. The van der Waals surface area contributed by atoms with Crippen molar-refractivity contribution in [2.24, 2.45) is 0 Å². The van der Waals surface area contributed by atoms with Crippen molar-refractivity contribution in [1.82, 2.24) is 14.7 Å². The van der Waals surface area contributed by atoms with Crippen LogP contribution < -0.4 is 10.1 Å². The quantitative estimate of drug-likeness (QED) is 0.530. The normalized spacial score (nSPS) is 15.5. The third kappa shape index (κ3) is 3.66. The molecule has 5 heteroatoms. The first-order valence-corrected chi connectivity index (χ1v) is 10.3. The van der Waals surface area contributed by atoms with Crippen LogP contribution in [0.1, 0.15) is 46.1 Å². The number of ether oxygens (including phenoxy) is 1. The Morgan fingerprint density at radius 2 is 1.90 bits per heavy atom. The van der Waals surface area contributed by atoms with Crippen LogP contribution >= 0.6 is 0 Å². The van der Waals surface area contributed by atoms with E-state index in [4.69, 9.17) is 4.74 Å². The van der Waals surface area contributed by atoms with Gasteiger partial charge < -0.3 is 14.5 Å². The highest BCUT2D eigenvalue weighted by Crippen LogP contribution is 2.30. The van der Waals surface area contributed by atoms with Crippen molar-refractivity contribution in [2.75, 3.05) is 0 Å². The number of pyridine rings is 1. The number of para-hydroxylation sites is 1. The van der Waals surface area contributed by atoms with E-state index < -0.39 is 0 Å². The maximum atomic E-state index is 13.1. The number of fused-ring (bicyclic) bond motifs is 2. The second kappa shape index (κ2) is 8.03. The molecule has 1 aliphatic carbocycles. The van der Waals surface area contributed by atoms with Gasteiger partial charge in [0.05, 0.1) is 17.3 Å². The monoisotopic (exact) mass is 397 g/mol. The van der Waals surface area contributed by atoms with E-state index in [1.54, 1.807) is 0 Å². The number of hydrogen-bond acceptors (Lipinski definition) is 3. The molecule has 1 aliphatic rings. The molecule has 0 spiro atoms. The Morgan fingerprint density at radius 3 is 2.83 bits per heavy atom. The van der Waals surface area contributed by atoms with E-state index in [0.717, 1.165) is 30.6 Å². The van der Waals surface area contributed by atoms with Crippen LogP contribution in [0.2, 0.25) is 0 Å². The van der Waals surface area contributed by atoms with E-state index in [-0.39, 0.29) is 11.9 Å². The summed E-state index contributed by atoms with van der Waals surface area (Å²) < 4.78 is 7.95. The Kier molecular flexibility index (Phi) is 4.93. The molecule has 2 heterocycles. The summed E-state index contributed by atoms with van der Waals surface area (Å²) in [6, 6.07) is 21.7. The fourth-order valence-corrected chi connectivity index (χ4v) is 4.13. The molecule has 0 aliphatic heterocycles. The molecular weight excluding hydrogens is 374 g/mol. The average Bonchev–Trinajstić information content (AvgIpc) is 3.21. The number of amides is 1. The van der Waals surface area contributed by atoms with Crippen molar-refractivity contribution in [1.29, 1.82) is 0 Å². The minimum atomic E-state index is -0.109. The number of rotatable bonds is 5. The maximum absolute atomic E-state index is 13.1. The van der Waals surface area contributed by atoms with Crippen LogP contribution in [0.25, 0.3) is 5.65 Å². The molecule has 0 fully saturated rings. The maximum Gasteiger partial charge on any atom is 0.255 e. The molecular formula is C25H23N3O2. The molecule has 4 aromatic rings. The van der Waals surface area contributed by atoms with E-state index in [2.05, 4.69) is 28.5 Å². The summed E-state index contributed by atoms with van der Waals surface area (Å²) in [5.74, 6) is 0.457. The minimum Gasteiger partial charge on any atom is -0.486 e. The van der Waals surface area contributed by atoms with Crippen LogP contribution in [0.15, 0.2) is 79.1 Å². The van der Waals surface area contributed by atoms with Crippen LogP contribution in [0.4, 0.5) is 0 Å². The predicted octanol–water partition coefficient (Wildman–Crippen LogP) is 4.72. The number of nitrogens with zero attached hydrogens (tertiary/aromatic N) is 2. The molecule has 1 N–H and O–H groups in total. The summed E-state index contributed by atoms with van der Waals surface area (Å²) in [6.45, 7) is 0.304. The molecule has 0 radical (unpaired) electrons. The third-order valence-electron chi connectivity index (χ3n) is 5.60. The molecule has 0 saturated carbocycles. The smallest absolute Gasteiger partial charge is 0.255 e. The van der Waals surface area contributed by atoms with Crippen LogP contribution in [-0.2, 0) is 13.0 Å². The highest BCUT2D eigenvalue weighted by Gasteiger charge is 2.23. The van der Waals surface area contributed by atoms with Gasteiger partial charge in [-0.1, -0.05) is 42.5 Å². The van der Waals surface area contributed by atoms with E-state index in [1.165, 1.54) is 11.1 Å². The summed E-state index contributed by atoms with van der Waals surface area (Å²) in [7, 11) is 0. The molecule has 2 aromatic heterocycles. The SMILES string of the molecule is O=C(N[C@H]1CCCc2ccccc21)c1ccccc1OCc1cn2ccccc2n1. The highest BCUT2D eigenvalue weighted by molar-refractivity contribution is 5.97. The van der Waals surface area contributed by atoms with Crippen molar-refractivity contribution in [3.05, 3.63) is 102 Å². The van der Waals surface area contributed by atoms with Gasteiger partial charge in [0, 0.05) is 12.4 Å². The fourth-order valence-electron chi connectivity index (χ4n) is 4.13. The lowest BCUT2D eigenvalue weighted by molar-refractivity contribution is 0.0928. The lowest BCUT2D eigenvalue weighted by Crippen LogP contribution is -2.31. The fraction of sp³-hybridized carbons (Fsp3) is 0.200. The van der Waals surface area contributed by atoms with Crippen molar-refractivity contribution in [3.63, 3.8) is 0 Å². The number of benzene rings is 2. The summed E-state index contributed by atoms with van der Waals surface area (Å²) in [6.07, 6.45) is 6.99. The van der Waals surface area contributed by atoms with Gasteiger partial charge in [-0.15, -0.1) is 0 Å². The van der Waals surface area contributed by atoms with Crippen LogP contribution in [0, 0.1) is 0 Å². The van der Waals surface area contributed by atoms with E-state index in [0.29, 0.717) is 17.9 Å². The van der Waals surface area contributed by atoms with Crippen LogP contribution in [0.5, 0.6) is 5.75 Å². The Morgan fingerprint density at radius 1 is 1.07 bits per heavy atom. The van der Waals surface area contributed by atoms with Gasteiger partial charge in [-0.05, 0) is 54.7 Å². The molecule has 150 valence electrons. The second-order valence-electron chi connectivity index (χ2n) is 7.60. The van der Waals surface area contributed by atoms with Gasteiger partial charge in [0.2, 0.25) is 0 Å². The van der Waals surface area contributed by atoms with E-state index >= 15 is 0 Å². The van der Waals surface area contributed by atoms with Crippen molar-refractivity contribution >= 4 is 11.6 Å².